The number of hydrogen-bond acceptors (Lipinski definition) is 4. The number of fused-ring (bicyclic) bond motifs is 1. The fourth-order valence-electron chi connectivity index (χ4n) is 3.21. The summed E-state index contributed by atoms with van der Waals surface area (Å²) in [6.45, 7) is 2.14. The van der Waals surface area contributed by atoms with Gasteiger partial charge >= 0.3 is 0 Å². The van der Waals surface area contributed by atoms with Crippen molar-refractivity contribution in [2.75, 3.05) is 0 Å². The van der Waals surface area contributed by atoms with Crippen LogP contribution in [0.4, 0.5) is 0 Å². The Bertz CT molecular complexity index is 1220. The molecule has 0 aliphatic heterocycles. The minimum absolute atomic E-state index is 0.336. The molecule has 160 valence electrons. The average molecular weight is 425 g/mol. The fraction of sp³-hybridized carbons (Fsp3) is 0.111. The van der Waals surface area contributed by atoms with E-state index in [0.29, 0.717) is 18.1 Å². The van der Waals surface area contributed by atoms with Crippen molar-refractivity contribution >= 4 is 22.9 Å². The summed E-state index contributed by atoms with van der Waals surface area (Å²) in [6, 6.07) is 31.2. The third-order valence-corrected chi connectivity index (χ3v) is 4.94. The van der Waals surface area contributed by atoms with Crippen molar-refractivity contribution in [2.45, 2.75) is 19.6 Å². The van der Waals surface area contributed by atoms with E-state index in [-0.39, 0.29) is 5.91 Å². The number of amides is 1. The van der Waals surface area contributed by atoms with Crippen molar-refractivity contribution in [3.63, 3.8) is 0 Å². The predicted octanol–water partition coefficient (Wildman–Crippen LogP) is 5.34. The molecule has 5 nitrogen and oxygen atoms in total. The zero-order valence-electron chi connectivity index (χ0n) is 17.8. The van der Waals surface area contributed by atoms with Gasteiger partial charge in [0, 0.05) is 5.56 Å². The van der Waals surface area contributed by atoms with E-state index in [0.717, 1.165) is 21.9 Å². The van der Waals surface area contributed by atoms with Crippen LogP contribution < -0.4 is 14.9 Å². The van der Waals surface area contributed by atoms with Gasteiger partial charge in [0.1, 0.15) is 18.1 Å². The second-order valence-electron chi connectivity index (χ2n) is 7.32. The molecule has 0 fully saturated rings. The number of nitrogens with one attached hydrogen (secondary N) is 1. The standard InChI is InChI=1S/C27H24N2O3/c1-20(32-25-16-15-22-11-5-6-12-23(22)17-25)27(30)29-28-18-24-13-7-8-14-26(24)31-19-21-9-3-2-4-10-21/h2-18,20H,19H2,1H3,(H,29,30)/b28-18+. The monoisotopic (exact) mass is 424 g/mol. The van der Waals surface area contributed by atoms with Crippen LogP contribution >= 0.6 is 0 Å². The van der Waals surface area contributed by atoms with Gasteiger partial charge in [0.05, 0.1) is 6.21 Å². The normalized spacial score (nSPS) is 11.9. The van der Waals surface area contributed by atoms with Crippen molar-refractivity contribution in [2.24, 2.45) is 5.10 Å². The molecule has 4 aromatic carbocycles. The number of benzene rings is 4. The van der Waals surface area contributed by atoms with Crippen LogP contribution in [0.1, 0.15) is 18.1 Å². The van der Waals surface area contributed by atoms with Crippen molar-refractivity contribution in [3.8, 4) is 11.5 Å². The van der Waals surface area contributed by atoms with Gasteiger partial charge in [0.25, 0.3) is 5.91 Å². The Morgan fingerprint density at radius 1 is 0.906 bits per heavy atom. The molecule has 0 aliphatic rings. The summed E-state index contributed by atoms with van der Waals surface area (Å²) in [6.07, 6.45) is 0.874. The van der Waals surface area contributed by atoms with Crippen LogP contribution in [0.25, 0.3) is 10.8 Å². The Morgan fingerprint density at radius 2 is 1.62 bits per heavy atom. The van der Waals surface area contributed by atoms with Gasteiger partial charge in [-0.15, -0.1) is 0 Å². The highest BCUT2D eigenvalue weighted by Crippen LogP contribution is 2.21. The molecule has 1 amide bonds. The topological polar surface area (TPSA) is 59.9 Å². The van der Waals surface area contributed by atoms with Gasteiger partial charge < -0.3 is 9.47 Å². The zero-order valence-corrected chi connectivity index (χ0v) is 17.8. The molecule has 0 aliphatic carbocycles. The smallest absolute Gasteiger partial charge is 0.280 e. The molecule has 32 heavy (non-hydrogen) atoms. The van der Waals surface area contributed by atoms with E-state index in [1.807, 2.05) is 97.1 Å². The minimum Gasteiger partial charge on any atom is -0.488 e. The second-order valence-corrected chi connectivity index (χ2v) is 7.32. The van der Waals surface area contributed by atoms with Gasteiger partial charge in [-0.25, -0.2) is 5.43 Å². The van der Waals surface area contributed by atoms with E-state index in [4.69, 9.17) is 9.47 Å². The number of carbonyl (C=O) groups excluding carboxylic acids is 1. The van der Waals surface area contributed by atoms with Crippen LogP contribution in [0.5, 0.6) is 11.5 Å². The molecule has 5 heteroatoms. The summed E-state index contributed by atoms with van der Waals surface area (Å²) in [5, 5.41) is 6.26. The van der Waals surface area contributed by atoms with Gasteiger partial charge in [0.15, 0.2) is 6.10 Å². The summed E-state index contributed by atoms with van der Waals surface area (Å²) in [5.41, 5.74) is 4.39. The maximum atomic E-state index is 12.4. The molecule has 4 aromatic rings. The third kappa shape index (κ3) is 5.52. The molecule has 0 saturated carbocycles. The molecule has 0 spiro atoms. The zero-order chi connectivity index (χ0) is 22.2. The lowest BCUT2D eigenvalue weighted by Crippen LogP contribution is -2.33. The average Bonchev–Trinajstić information content (AvgIpc) is 2.84. The lowest BCUT2D eigenvalue weighted by molar-refractivity contribution is -0.127. The van der Waals surface area contributed by atoms with Gasteiger partial charge in [-0.1, -0.05) is 72.8 Å². The summed E-state index contributed by atoms with van der Waals surface area (Å²) in [7, 11) is 0. The number of hydrogen-bond donors (Lipinski definition) is 1. The van der Waals surface area contributed by atoms with Crippen molar-refractivity contribution < 1.29 is 14.3 Å². The molecule has 1 unspecified atom stereocenters. The highest BCUT2D eigenvalue weighted by molar-refractivity contribution is 5.87. The molecule has 0 aromatic heterocycles. The Kier molecular flexibility index (Phi) is 6.78. The molecule has 1 atom stereocenters. The van der Waals surface area contributed by atoms with Crippen LogP contribution in [-0.4, -0.2) is 18.2 Å². The maximum absolute atomic E-state index is 12.4. The first-order valence-corrected chi connectivity index (χ1v) is 10.4. The number of nitrogens with zero attached hydrogens (tertiary/aromatic N) is 1. The Morgan fingerprint density at radius 3 is 2.47 bits per heavy atom. The van der Waals surface area contributed by atoms with Gasteiger partial charge in [-0.2, -0.15) is 5.10 Å². The van der Waals surface area contributed by atoms with Crippen molar-refractivity contribution in [1.29, 1.82) is 0 Å². The molecule has 1 N–H and O–H groups in total. The molecular weight excluding hydrogens is 400 g/mol. The predicted molar refractivity (Wildman–Crippen MR) is 127 cm³/mol. The van der Waals surface area contributed by atoms with Gasteiger partial charge in [-0.3, -0.25) is 4.79 Å². The number of para-hydroxylation sites is 1. The summed E-state index contributed by atoms with van der Waals surface area (Å²) < 4.78 is 11.7. The van der Waals surface area contributed by atoms with E-state index in [9.17, 15) is 4.79 Å². The van der Waals surface area contributed by atoms with E-state index in [2.05, 4.69) is 10.5 Å². The second kappa shape index (κ2) is 10.3. The summed E-state index contributed by atoms with van der Waals surface area (Å²) in [5.74, 6) is 0.988. The first-order valence-electron chi connectivity index (χ1n) is 10.4. The fourth-order valence-corrected chi connectivity index (χ4v) is 3.21. The highest BCUT2D eigenvalue weighted by Gasteiger charge is 2.14. The largest absolute Gasteiger partial charge is 0.488 e. The molecular formula is C27H24N2O3. The lowest BCUT2D eigenvalue weighted by atomic mass is 10.1. The maximum Gasteiger partial charge on any atom is 0.280 e. The van der Waals surface area contributed by atoms with E-state index in [1.165, 1.54) is 0 Å². The van der Waals surface area contributed by atoms with Gasteiger partial charge in [0.2, 0.25) is 0 Å². The quantitative estimate of drug-likeness (QED) is 0.307. The number of rotatable bonds is 8. The minimum atomic E-state index is -0.696. The van der Waals surface area contributed by atoms with E-state index >= 15 is 0 Å². The number of ether oxygens (including phenoxy) is 2. The highest BCUT2D eigenvalue weighted by atomic mass is 16.5. The molecule has 0 saturated heterocycles. The van der Waals surface area contributed by atoms with Crippen LogP contribution in [0.3, 0.4) is 0 Å². The Balaban J connectivity index is 1.34. The van der Waals surface area contributed by atoms with E-state index in [1.54, 1.807) is 13.1 Å². The SMILES string of the molecule is CC(Oc1ccc2ccccc2c1)C(=O)N/N=C/c1ccccc1OCc1ccccc1. The first kappa shape index (κ1) is 21.1. The lowest BCUT2D eigenvalue weighted by Gasteiger charge is -2.13. The number of carbonyl (C=O) groups is 1. The third-order valence-electron chi connectivity index (χ3n) is 4.94. The molecule has 0 radical (unpaired) electrons. The van der Waals surface area contributed by atoms with Crippen molar-refractivity contribution in [1.82, 2.24) is 5.43 Å². The molecule has 0 heterocycles. The van der Waals surface area contributed by atoms with Crippen molar-refractivity contribution in [3.05, 3.63) is 108 Å². The van der Waals surface area contributed by atoms with Crippen LogP contribution in [0.2, 0.25) is 0 Å². The van der Waals surface area contributed by atoms with Crippen LogP contribution in [0, 0.1) is 0 Å². The molecule has 4 rings (SSSR count). The molecule has 0 bridgehead atoms. The summed E-state index contributed by atoms with van der Waals surface area (Å²) in [4.78, 5) is 12.4. The van der Waals surface area contributed by atoms with Crippen LogP contribution in [-0.2, 0) is 11.4 Å². The first-order chi connectivity index (χ1) is 15.7. The Labute approximate surface area is 187 Å². The Hall–Kier alpha value is -4.12. The van der Waals surface area contributed by atoms with E-state index < -0.39 is 6.10 Å². The van der Waals surface area contributed by atoms with Crippen LogP contribution in [0.15, 0.2) is 102 Å². The summed E-state index contributed by atoms with van der Waals surface area (Å²) >= 11 is 0. The number of hydrazone groups is 1. The van der Waals surface area contributed by atoms with Gasteiger partial charge in [-0.05, 0) is 47.5 Å².